The molecular weight excluding hydrogens is 673 g/mol. The fourth-order valence-corrected chi connectivity index (χ4v) is 6.16. The number of anilines is 1. The number of benzene rings is 1. The summed E-state index contributed by atoms with van der Waals surface area (Å²) in [5.41, 5.74) is -0.479. The molecule has 50 heavy (non-hydrogen) atoms. The minimum Gasteiger partial charge on any atom is -0.459 e. The van der Waals surface area contributed by atoms with E-state index in [1.807, 2.05) is 26.0 Å². The van der Waals surface area contributed by atoms with Crippen molar-refractivity contribution in [1.29, 1.82) is 0 Å². The maximum Gasteiger partial charge on any atom is 0.416 e. The highest BCUT2D eigenvalue weighted by Gasteiger charge is 2.31. The number of pyridine rings is 2. The van der Waals surface area contributed by atoms with E-state index in [0.29, 0.717) is 12.0 Å². The Morgan fingerprint density at radius 2 is 1.48 bits per heavy atom. The molecule has 1 unspecified atom stereocenters. The van der Waals surface area contributed by atoms with Gasteiger partial charge in [-0.1, -0.05) is 50.2 Å². The predicted octanol–water partition coefficient (Wildman–Crippen LogP) is 7.83. The second kappa shape index (κ2) is 15.9. The lowest BCUT2D eigenvalue weighted by atomic mass is 9.79. The number of aromatic nitrogens is 2. The fourth-order valence-electron chi connectivity index (χ4n) is 5.01. The van der Waals surface area contributed by atoms with Gasteiger partial charge in [-0.15, -0.1) is 0 Å². The summed E-state index contributed by atoms with van der Waals surface area (Å²) in [6, 6.07) is 15.4. The molecule has 0 spiro atoms. The van der Waals surface area contributed by atoms with Crippen LogP contribution in [0.3, 0.4) is 0 Å². The van der Waals surface area contributed by atoms with Gasteiger partial charge in [0, 0.05) is 12.6 Å². The molecule has 1 N–H and O–H groups in total. The Bertz CT molecular complexity index is 1700. The lowest BCUT2D eigenvalue weighted by Crippen LogP contribution is -2.42. The van der Waals surface area contributed by atoms with E-state index in [2.05, 4.69) is 14.7 Å². The SMILES string of the molecule is CC(C)(C)OC(=O)CN(C(=O)OC(C)(C)C)c1cccc(C(Cc2ccc(C(C)(C)CCCC(F)(F)F)cc2)NS(=O)(=O)c2ccccn2)n1. The summed E-state index contributed by atoms with van der Waals surface area (Å²) in [4.78, 5) is 35.9. The second-order valence-electron chi connectivity index (χ2n) is 14.7. The smallest absolute Gasteiger partial charge is 0.416 e. The molecule has 0 aliphatic heterocycles. The first kappa shape index (κ1) is 40.4. The largest absolute Gasteiger partial charge is 0.459 e. The highest BCUT2D eigenvalue weighted by Crippen LogP contribution is 2.33. The molecule has 1 amide bonds. The van der Waals surface area contributed by atoms with Gasteiger partial charge in [0.05, 0.1) is 11.7 Å². The maximum absolute atomic E-state index is 13.5. The van der Waals surface area contributed by atoms with Crippen molar-refractivity contribution in [1.82, 2.24) is 14.7 Å². The summed E-state index contributed by atoms with van der Waals surface area (Å²) in [6.07, 6.45) is -4.15. The van der Waals surface area contributed by atoms with Gasteiger partial charge in [-0.3, -0.25) is 9.69 Å². The van der Waals surface area contributed by atoms with E-state index in [9.17, 15) is 31.2 Å². The summed E-state index contributed by atoms with van der Waals surface area (Å²) < 4.78 is 79.0. The van der Waals surface area contributed by atoms with Gasteiger partial charge in [0.15, 0.2) is 5.03 Å². The molecule has 0 saturated heterocycles. The van der Waals surface area contributed by atoms with Crippen molar-refractivity contribution in [2.75, 3.05) is 11.4 Å². The van der Waals surface area contributed by atoms with Crippen LogP contribution in [0.25, 0.3) is 0 Å². The van der Waals surface area contributed by atoms with Crippen LogP contribution >= 0.6 is 0 Å². The minimum atomic E-state index is -4.22. The summed E-state index contributed by atoms with van der Waals surface area (Å²) in [5, 5.41) is -0.211. The van der Waals surface area contributed by atoms with Crippen LogP contribution in [0.4, 0.5) is 23.8 Å². The summed E-state index contributed by atoms with van der Waals surface area (Å²) in [7, 11) is -4.17. The molecule has 0 aliphatic carbocycles. The number of carbonyl (C=O) groups excluding carboxylic acids is 2. The number of amides is 1. The van der Waals surface area contributed by atoms with Crippen molar-refractivity contribution in [3.05, 3.63) is 83.7 Å². The number of nitrogens with zero attached hydrogens (tertiary/aromatic N) is 3. The number of nitrogens with one attached hydrogen (secondary N) is 1. The number of rotatable bonds is 13. The van der Waals surface area contributed by atoms with Crippen molar-refractivity contribution < 1.29 is 40.7 Å². The van der Waals surface area contributed by atoms with Gasteiger partial charge >= 0.3 is 18.2 Å². The number of esters is 1. The van der Waals surface area contributed by atoms with Gasteiger partial charge in [-0.05, 0) is 102 Å². The van der Waals surface area contributed by atoms with E-state index < -0.39 is 63.9 Å². The number of alkyl halides is 3. The number of hydrogen-bond acceptors (Lipinski definition) is 8. The third-order valence-corrected chi connectivity index (χ3v) is 8.75. The third-order valence-electron chi connectivity index (χ3n) is 7.36. The van der Waals surface area contributed by atoms with Crippen LogP contribution < -0.4 is 9.62 Å². The Morgan fingerprint density at radius 3 is 2.04 bits per heavy atom. The number of hydrogen-bond donors (Lipinski definition) is 1. The van der Waals surface area contributed by atoms with Gasteiger partial charge in [-0.2, -0.15) is 13.2 Å². The van der Waals surface area contributed by atoms with E-state index in [1.165, 1.54) is 18.3 Å². The number of ether oxygens (including phenoxy) is 2. The topological polar surface area (TPSA) is 128 Å². The molecular formula is C36H47F3N4O6S. The van der Waals surface area contributed by atoms with E-state index in [-0.39, 0.29) is 29.4 Å². The molecule has 274 valence electrons. The van der Waals surface area contributed by atoms with Crippen molar-refractivity contribution >= 4 is 27.9 Å². The highest BCUT2D eigenvalue weighted by atomic mass is 32.2. The van der Waals surface area contributed by atoms with Crippen molar-refractivity contribution in [3.8, 4) is 0 Å². The van der Waals surface area contributed by atoms with Crippen LogP contribution in [0.2, 0.25) is 0 Å². The van der Waals surface area contributed by atoms with Gasteiger partial charge in [-0.25, -0.2) is 27.9 Å². The molecule has 3 rings (SSSR count). The maximum atomic E-state index is 13.5. The van der Waals surface area contributed by atoms with Gasteiger partial charge in [0.1, 0.15) is 23.6 Å². The molecule has 2 heterocycles. The van der Waals surface area contributed by atoms with E-state index in [0.717, 1.165) is 10.5 Å². The average molecular weight is 721 g/mol. The molecule has 2 aromatic heterocycles. The van der Waals surface area contributed by atoms with Crippen LogP contribution in [0.15, 0.2) is 71.9 Å². The molecule has 3 aromatic rings. The second-order valence-corrected chi connectivity index (χ2v) is 16.3. The predicted molar refractivity (Wildman–Crippen MR) is 184 cm³/mol. The first-order chi connectivity index (χ1) is 22.9. The molecule has 14 heteroatoms. The molecule has 0 saturated carbocycles. The molecule has 10 nitrogen and oxygen atoms in total. The fraction of sp³-hybridized carbons (Fsp3) is 0.500. The monoisotopic (exact) mass is 720 g/mol. The molecule has 1 atom stereocenters. The third kappa shape index (κ3) is 13.0. The Kier molecular flexibility index (Phi) is 12.8. The van der Waals surface area contributed by atoms with Gasteiger partial charge in [0.25, 0.3) is 10.0 Å². The Balaban J connectivity index is 2.00. The minimum absolute atomic E-state index is 0.00806. The molecule has 0 aliphatic rings. The van der Waals surface area contributed by atoms with Crippen LogP contribution in [-0.4, -0.2) is 54.4 Å². The van der Waals surface area contributed by atoms with Crippen LogP contribution in [0.5, 0.6) is 0 Å². The van der Waals surface area contributed by atoms with Gasteiger partial charge in [0.2, 0.25) is 0 Å². The van der Waals surface area contributed by atoms with Crippen molar-refractivity contribution in [2.45, 2.75) is 115 Å². The van der Waals surface area contributed by atoms with Gasteiger partial charge < -0.3 is 9.47 Å². The number of halogens is 3. The average Bonchev–Trinajstić information content (AvgIpc) is 2.98. The standard InChI is InChI=1S/C36H47F3N4O6S/c1-33(2,3)48-31(44)24-43(32(45)49-34(4,5)6)29-14-11-13-27(41-29)28(42-50(46,47)30-15-9-10-22-40-30)23-25-16-18-26(19-17-25)35(7,8)20-12-21-36(37,38)39/h9-11,13-19,22,28,42H,12,20-21,23-24H2,1-8H3. The van der Waals surface area contributed by atoms with Crippen LogP contribution in [0.1, 0.15) is 97.5 Å². The van der Waals surface area contributed by atoms with Crippen molar-refractivity contribution in [2.24, 2.45) is 0 Å². The zero-order chi connectivity index (χ0) is 37.5. The lowest BCUT2D eigenvalue weighted by Gasteiger charge is -2.28. The molecule has 0 radical (unpaired) electrons. The summed E-state index contributed by atoms with van der Waals surface area (Å²) in [6.45, 7) is 13.4. The Hall–Kier alpha value is -4.04. The van der Waals surface area contributed by atoms with Crippen molar-refractivity contribution in [3.63, 3.8) is 0 Å². The molecule has 1 aromatic carbocycles. The Labute approximate surface area is 292 Å². The highest BCUT2D eigenvalue weighted by molar-refractivity contribution is 7.89. The number of sulfonamides is 1. The zero-order valence-electron chi connectivity index (χ0n) is 29.8. The normalized spacial score (nSPS) is 13.4. The summed E-state index contributed by atoms with van der Waals surface area (Å²) >= 11 is 0. The zero-order valence-corrected chi connectivity index (χ0v) is 30.6. The summed E-state index contributed by atoms with van der Waals surface area (Å²) in [5.74, 6) is -0.676. The van der Waals surface area contributed by atoms with E-state index >= 15 is 0 Å². The first-order valence-corrected chi connectivity index (χ1v) is 17.7. The van der Waals surface area contributed by atoms with Crippen LogP contribution in [-0.2, 0) is 36.1 Å². The van der Waals surface area contributed by atoms with Crippen LogP contribution in [0, 0.1) is 0 Å². The lowest BCUT2D eigenvalue weighted by molar-refractivity contribution is -0.153. The first-order valence-electron chi connectivity index (χ1n) is 16.2. The quantitative estimate of drug-likeness (QED) is 0.177. The van der Waals surface area contributed by atoms with E-state index in [4.69, 9.17) is 9.47 Å². The molecule has 0 fully saturated rings. The number of carbonyl (C=O) groups is 2. The van der Waals surface area contributed by atoms with E-state index in [1.54, 1.807) is 77.9 Å². The molecule has 0 bridgehead atoms. The Morgan fingerprint density at radius 1 is 0.840 bits per heavy atom.